The molecule has 0 aliphatic carbocycles. The van der Waals surface area contributed by atoms with Crippen LogP contribution in [-0.4, -0.2) is 30.0 Å². The first-order valence-electron chi connectivity index (χ1n) is 8.00. The number of amides is 2. The first-order chi connectivity index (χ1) is 12.1. The van der Waals surface area contributed by atoms with E-state index in [4.69, 9.17) is 4.42 Å². The minimum Gasteiger partial charge on any atom is -0.467 e. The maximum absolute atomic E-state index is 12.3. The SMILES string of the molecule is CC(C)(C)n1nc2c(c1NC(=O)C(=O)NCc1ccco1)CS(=O)(=O)C2. The minimum absolute atomic E-state index is 0.0737. The molecule has 0 bridgehead atoms. The zero-order valence-electron chi connectivity index (χ0n) is 14.7. The number of nitrogens with zero attached hydrogens (tertiary/aromatic N) is 2. The third-order valence-corrected chi connectivity index (χ3v) is 5.31. The Balaban J connectivity index is 1.80. The van der Waals surface area contributed by atoms with Gasteiger partial charge in [-0.2, -0.15) is 5.10 Å². The highest BCUT2D eigenvalue weighted by atomic mass is 32.2. The van der Waals surface area contributed by atoms with Gasteiger partial charge in [0.1, 0.15) is 11.6 Å². The first-order valence-corrected chi connectivity index (χ1v) is 9.82. The molecule has 140 valence electrons. The Kier molecular flexibility index (Phi) is 4.39. The van der Waals surface area contributed by atoms with Crippen LogP contribution in [0.5, 0.6) is 0 Å². The number of hydrogen-bond donors (Lipinski definition) is 2. The summed E-state index contributed by atoms with van der Waals surface area (Å²) >= 11 is 0. The van der Waals surface area contributed by atoms with Gasteiger partial charge in [-0.05, 0) is 32.9 Å². The molecular weight excluding hydrogens is 360 g/mol. The number of anilines is 1. The van der Waals surface area contributed by atoms with Crippen LogP contribution in [-0.2, 0) is 43.0 Å². The van der Waals surface area contributed by atoms with Crippen molar-refractivity contribution in [2.24, 2.45) is 0 Å². The average molecular weight is 380 g/mol. The molecule has 1 aliphatic heterocycles. The van der Waals surface area contributed by atoms with Gasteiger partial charge in [0.05, 0.1) is 35.5 Å². The fourth-order valence-corrected chi connectivity index (χ4v) is 4.18. The predicted molar refractivity (Wildman–Crippen MR) is 92.7 cm³/mol. The number of fused-ring (bicyclic) bond motifs is 1. The largest absolute Gasteiger partial charge is 0.467 e. The Labute approximate surface area is 150 Å². The molecule has 0 atom stereocenters. The second-order valence-corrected chi connectivity index (χ2v) is 9.17. The van der Waals surface area contributed by atoms with E-state index in [2.05, 4.69) is 15.7 Å². The Morgan fingerprint density at radius 2 is 2.00 bits per heavy atom. The lowest BCUT2D eigenvalue weighted by molar-refractivity contribution is -0.136. The van der Waals surface area contributed by atoms with Gasteiger partial charge in [0.25, 0.3) is 0 Å². The molecule has 26 heavy (non-hydrogen) atoms. The maximum Gasteiger partial charge on any atom is 0.314 e. The molecule has 2 amide bonds. The van der Waals surface area contributed by atoms with E-state index in [1.54, 1.807) is 16.8 Å². The second-order valence-electron chi connectivity index (χ2n) is 7.10. The summed E-state index contributed by atoms with van der Waals surface area (Å²) in [4.78, 5) is 24.3. The molecule has 10 heteroatoms. The molecule has 0 aromatic carbocycles. The standard InChI is InChI=1S/C16H20N4O5S/c1-16(2,3)20-13(11-8-26(23,24)9-12(11)19-20)18-15(22)14(21)17-7-10-5-4-6-25-10/h4-6H,7-9H2,1-3H3,(H,17,21)(H,18,22). The van der Waals surface area contributed by atoms with Gasteiger partial charge in [0.15, 0.2) is 9.84 Å². The van der Waals surface area contributed by atoms with Crippen molar-refractivity contribution < 1.29 is 22.4 Å². The number of sulfone groups is 1. The number of carbonyl (C=O) groups excluding carboxylic acids is 2. The van der Waals surface area contributed by atoms with E-state index in [1.165, 1.54) is 6.26 Å². The number of rotatable bonds is 3. The molecule has 1 aliphatic rings. The average Bonchev–Trinajstić information content (AvgIpc) is 3.20. The number of nitrogens with one attached hydrogen (secondary N) is 2. The van der Waals surface area contributed by atoms with Crippen molar-refractivity contribution in [1.29, 1.82) is 0 Å². The molecule has 0 fully saturated rings. The van der Waals surface area contributed by atoms with E-state index in [0.29, 0.717) is 17.0 Å². The van der Waals surface area contributed by atoms with Crippen molar-refractivity contribution >= 4 is 27.5 Å². The van der Waals surface area contributed by atoms with Crippen LogP contribution in [0.25, 0.3) is 0 Å². The number of carbonyl (C=O) groups is 2. The van der Waals surface area contributed by atoms with Crippen LogP contribution >= 0.6 is 0 Å². The van der Waals surface area contributed by atoms with Crippen molar-refractivity contribution in [3.8, 4) is 0 Å². The number of hydrogen-bond acceptors (Lipinski definition) is 6. The van der Waals surface area contributed by atoms with E-state index in [0.717, 1.165) is 0 Å². The molecule has 2 aromatic heterocycles. The highest BCUT2D eigenvalue weighted by Crippen LogP contribution is 2.34. The van der Waals surface area contributed by atoms with Crippen molar-refractivity contribution in [3.05, 3.63) is 35.4 Å². The highest BCUT2D eigenvalue weighted by Gasteiger charge is 2.35. The Morgan fingerprint density at radius 3 is 2.62 bits per heavy atom. The van der Waals surface area contributed by atoms with Crippen LogP contribution in [0.15, 0.2) is 22.8 Å². The summed E-state index contributed by atoms with van der Waals surface area (Å²) < 4.78 is 30.4. The lowest BCUT2D eigenvalue weighted by Crippen LogP contribution is -2.37. The van der Waals surface area contributed by atoms with Crippen LogP contribution in [0.1, 0.15) is 37.8 Å². The van der Waals surface area contributed by atoms with Crippen molar-refractivity contribution in [2.45, 2.75) is 44.4 Å². The lowest BCUT2D eigenvalue weighted by Gasteiger charge is -2.23. The fraction of sp³-hybridized carbons (Fsp3) is 0.438. The molecule has 3 rings (SSSR count). The van der Waals surface area contributed by atoms with Gasteiger partial charge in [-0.25, -0.2) is 13.1 Å². The molecule has 0 saturated heterocycles. The fourth-order valence-electron chi connectivity index (χ4n) is 2.68. The summed E-state index contributed by atoms with van der Waals surface area (Å²) in [6, 6.07) is 3.35. The van der Waals surface area contributed by atoms with Gasteiger partial charge in [-0.3, -0.25) is 9.59 Å². The summed E-state index contributed by atoms with van der Waals surface area (Å²) in [5.74, 6) is -1.36. The monoisotopic (exact) mass is 380 g/mol. The van der Waals surface area contributed by atoms with Gasteiger partial charge in [0.2, 0.25) is 0 Å². The third kappa shape index (κ3) is 3.64. The number of aromatic nitrogens is 2. The lowest BCUT2D eigenvalue weighted by atomic mass is 10.1. The number of furan rings is 1. The molecule has 0 radical (unpaired) electrons. The van der Waals surface area contributed by atoms with E-state index in [9.17, 15) is 18.0 Å². The van der Waals surface area contributed by atoms with Crippen molar-refractivity contribution in [2.75, 3.05) is 5.32 Å². The Bertz CT molecular complexity index is 952. The smallest absolute Gasteiger partial charge is 0.314 e. The minimum atomic E-state index is -3.28. The molecular formula is C16H20N4O5S. The molecule has 2 aromatic rings. The predicted octanol–water partition coefficient (Wildman–Crippen LogP) is 0.914. The van der Waals surface area contributed by atoms with Gasteiger partial charge < -0.3 is 15.1 Å². The molecule has 0 saturated carbocycles. The summed E-state index contributed by atoms with van der Waals surface area (Å²) in [5.41, 5.74) is 0.347. The van der Waals surface area contributed by atoms with Crippen LogP contribution in [0.4, 0.5) is 5.82 Å². The normalized spacial score (nSPS) is 15.5. The molecule has 0 spiro atoms. The quantitative estimate of drug-likeness (QED) is 0.763. The van der Waals surface area contributed by atoms with E-state index >= 15 is 0 Å². The Morgan fingerprint density at radius 1 is 1.27 bits per heavy atom. The maximum atomic E-state index is 12.3. The third-order valence-electron chi connectivity index (χ3n) is 3.86. The summed E-state index contributed by atoms with van der Waals surface area (Å²) in [7, 11) is -3.28. The van der Waals surface area contributed by atoms with Crippen molar-refractivity contribution in [1.82, 2.24) is 15.1 Å². The molecule has 9 nitrogen and oxygen atoms in total. The zero-order chi connectivity index (χ0) is 19.1. The Hall–Kier alpha value is -2.62. The van der Waals surface area contributed by atoms with Crippen LogP contribution in [0.2, 0.25) is 0 Å². The van der Waals surface area contributed by atoms with Gasteiger partial charge >= 0.3 is 11.8 Å². The molecule has 0 unspecified atom stereocenters. The topological polar surface area (TPSA) is 123 Å². The highest BCUT2D eigenvalue weighted by molar-refractivity contribution is 7.90. The molecule has 3 heterocycles. The first kappa shape index (κ1) is 18.2. The van der Waals surface area contributed by atoms with Gasteiger partial charge in [0, 0.05) is 5.56 Å². The van der Waals surface area contributed by atoms with E-state index in [1.807, 2.05) is 20.8 Å². The van der Waals surface area contributed by atoms with Crippen LogP contribution in [0, 0.1) is 0 Å². The van der Waals surface area contributed by atoms with E-state index in [-0.39, 0.29) is 23.9 Å². The summed E-state index contributed by atoms with van der Waals surface area (Å²) in [5, 5.41) is 9.30. The zero-order valence-corrected chi connectivity index (χ0v) is 15.5. The van der Waals surface area contributed by atoms with Gasteiger partial charge in [-0.1, -0.05) is 0 Å². The summed E-state index contributed by atoms with van der Waals surface area (Å²) in [6.07, 6.45) is 1.47. The summed E-state index contributed by atoms with van der Waals surface area (Å²) in [6.45, 7) is 5.69. The van der Waals surface area contributed by atoms with Gasteiger partial charge in [-0.15, -0.1) is 0 Å². The molecule has 2 N–H and O–H groups in total. The van der Waals surface area contributed by atoms with Crippen molar-refractivity contribution in [3.63, 3.8) is 0 Å². The van der Waals surface area contributed by atoms with E-state index < -0.39 is 27.2 Å². The second kappa shape index (κ2) is 6.27. The van der Waals surface area contributed by atoms with Crippen LogP contribution < -0.4 is 10.6 Å². The van der Waals surface area contributed by atoms with Crippen LogP contribution in [0.3, 0.4) is 0 Å².